The summed E-state index contributed by atoms with van der Waals surface area (Å²) in [7, 11) is 2.07. The molecule has 3 heterocycles. The maximum Gasteiger partial charge on any atom is 0.250 e. The van der Waals surface area contributed by atoms with E-state index in [0.29, 0.717) is 22.2 Å². The van der Waals surface area contributed by atoms with Crippen molar-refractivity contribution in [1.82, 2.24) is 25.0 Å². The lowest BCUT2D eigenvalue weighted by atomic mass is 10.1. The van der Waals surface area contributed by atoms with Crippen LogP contribution in [0.2, 0.25) is 5.02 Å². The quantitative estimate of drug-likeness (QED) is 0.427. The molecule has 1 aromatic carbocycles. The molecule has 182 valence electrons. The number of nitrogens with one attached hydrogen (secondary N) is 2. The molecule has 9 nitrogen and oxygen atoms in total. The van der Waals surface area contributed by atoms with Crippen LogP contribution in [0.1, 0.15) is 5.69 Å². The van der Waals surface area contributed by atoms with Crippen LogP contribution in [0.15, 0.2) is 54.9 Å². The summed E-state index contributed by atoms with van der Waals surface area (Å²) in [4.78, 5) is 20.9. The van der Waals surface area contributed by atoms with Gasteiger partial charge in [0.05, 0.1) is 18.0 Å². The number of carbonyl (C=O) groups is 1. The number of amides is 1. The number of aromatic nitrogens is 3. The topological polar surface area (TPSA) is 107 Å². The standard InChI is InChI=1S/C24H25ClFN7O2/c1-32-8-10-33(11-9-32)7-5-24(35)29-23-13-17(4-6-27-23)28-21-14-20(30-31-22(21)15-34)18-12-16(25)2-3-19(18)26/h2-7,12-14,34H,8-11,15H2,1H3,(H2,27,28,29,30,35). The van der Waals surface area contributed by atoms with E-state index in [9.17, 15) is 14.3 Å². The Morgan fingerprint density at radius 3 is 2.74 bits per heavy atom. The highest BCUT2D eigenvalue weighted by molar-refractivity contribution is 6.30. The molecule has 0 radical (unpaired) electrons. The van der Waals surface area contributed by atoms with Crippen LogP contribution in [-0.2, 0) is 11.4 Å². The number of halogens is 2. The molecule has 35 heavy (non-hydrogen) atoms. The summed E-state index contributed by atoms with van der Waals surface area (Å²) >= 11 is 6.00. The fourth-order valence-electron chi connectivity index (χ4n) is 3.51. The minimum Gasteiger partial charge on any atom is -0.390 e. The molecule has 0 spiro atoms. The van der Waals surface area contributed by atoms with Gasteiger partial charge in [-0.15, -0.1) is 5.10 Å². The van der Waals surface area contributed by atoms with Crippen LogP contribution in [0, 0.1) is 5.82 Å². The van der Waals surface area contributed by atoms with Gasteiger partial charge in [0.2, 0.25) is 0 Å². The molecule has 11 heteroatoms. The predicted octanol–water partition coefficient (Wildman–Crippen LogP) is 3.27. The van der Waals surface area contributed by atoms with Gasteiger partial charge in [-0.3, -0.25) is 4.79 Å². The highest BCUT2D eigenvalue weighted by atomic mass is 35.5. The third-order valence-electron chi connectivity index (χ3n) is 5.49. The van der Waals surface area contributed by atoms with E-state index < -0.39 is 5.82 Å². The number of piperazine rings is 1. The van der Waals surface area contributed by atoms with E-state index in [4.69, 9.17) is 11.6 Å². The Labute approximate surface area is 207 Å². The fourth-order valence-corrected chi connectivity index (χ4v) is 3.68. The Kier molecular flexibility index (Phi) is 7.86. The van der Waals surface area contributed by atoms with Crippen molar-refractivity contribution in [2.45, 2.75) is 6.61 Å². The summed E-state index contributed by atoms with van der Waals surface area (Å²) in [6.45, 7) is 3.26. The van der Waals surface area contributed by atoms with Crippen LogP contribution in [-0.4, -0.2) is 69.2 Å². The number of hydrogen-bond acceptors (Lipinski definition) is 8. The minimum atomic E-state index is -0.495. The molecular weight excluding hydrogens is 473 g/mol. The van der Waals surface area contributed by atoms with Crippen molar-refractivity contribution in [2.24, 2.45) is 0 Å². The summed E-state index contributed by atoms with van der Waals surface area (Å²) in [5.41, 5.74) is 1.72. The minimum absolute atomic E-state index is 0.187. The van der Waals surface area contributed by atoms with E-state index in [1.807, 2.05) is 0 Å². The van der Waals surface area contributed by atoms with E-state index in [1.165, 1.54) is 30.5 Å². The first kappa shape index (κ1) is 24.5. The third kappa shape index (κ3) is 6.50. The number of rotatable bonds is 7. The smallest absolute Gasteiger partial charge is 0.250 e. The second-order valence-corrected chi connectivity index (χ2v) is 8.51. The maximum absolute atomic E-state index is 14.3. The molecule has 3 aromatic rings. The van der Waals surface area contributed by atoms with Gasteiger partial charge in [-0.25, -0.2) is 9.37 Å². The molecule has 1 aliphatic rings. The average molecular weight is 498 g/mol. The molecule has 2 aromatic heterocycles. The molecule has 0 aliphatic carbocycles. The summed E-state index contributed by atoms with van der Waals surface area (Å²) < 4.78 is 14.3. The monoisotopic (exact) mass is 497 g/mol. The van der Waals surface area contributed by atoms with E-state index in [0.717, 1.165) is 26.2 Å². The normalized spacial score (nSPS) is 14.3. The molecule has 0 saturated carbocycles. The maximum atomic E-state index is 14.3. The lowest BCUT2D eigenvalue weighted by Crippen LogP contribution is -2.41. The Morgan fingerprint density at radius 2 is 1.97 bits per heavy atom. The van der Waals surface area contributed by atoms with Crippen molar-refractivity contribution in [1.29, 1.82) is 0 Å². The second-order valence-electron chi connectivity index (χ2n) is 8.07. The van der Waals surface area contributed by atoms with Crippen molar-refractivity contribution in [3.63, 3.8) is 0 Å². The van der Waals surface area contributed by atoms with Gasteiger partial charge in [-0.2, -0.15) is 5.10 Å². The average Bonchev–Trinajstić information content (AvgIpc) is 2.85. The Hall–Kier alpha value is -3.60. The van der Waals surface area contributed by atoms with Gasteiger partial charge in [0, 0.05) is 67.0 Å². The third-order valence-corrected chi connectivity index (χ3v) is 5.72. The van der Waals surface area contributed by atoms with Gasteiger partial charge in [-0.1, -0.05) is 11.6 Å². The number of likely N-dealkylation sites (N-methyl/N-ethyl adjacent to an activating group) is 1. The molecule has 1 amide bonds. The molecule has 1 saturated heterocycles. The molecule has 3 N–H and O–H groups in total. The SMILES string of the molecule is CN1CCN(C=CC(=O)Nc2cc(Nc3cc(-c4cc(Cl)ccc4F)nnc3CO)ccn2)CC1. The lowest BCUT2D eigenvalue weighted by Gasteiger charge is -2.31. The van der Waals surface area contributed by atoms with Crippen molar-refractivity contribution in [3.8, 4) is 11.3 Å². The van der Waals surface area contributed by atoms with E-state index in [-0.39, 0.29) is 29.5 Å². The van der Waals surface area contributed by atoms with Crippen LogP contribution >= 0.6 is 11.6 Å². The van der Waals surface area contributed by atoms with Crippen LogP contribution in [0.5, 0.6) is 0 Å². The van der Waals surface area contributed by atoms with Crippen molar-refractivity contribution in [2.75, 3.05) is 43.9 Å². The van der Waals surface area contributed by atoms with Crippen molar-refractivity contribution in [3.05, 3.63) is 71.4 Å². The molecule has 0 bridgehead atoms. The summed E-state index contributed by atoms with van der Waals surface area (Å²) in [6, 6.07) is 9.06. The lowest BCUT2D eigenvalue weighted by molar-refractivity contribution is -0.112. The molecular formula is C24H25ClFN7O2. The van der Waals surface area contributed by atoms with Crippen molar-refractivity contribution >= 4 is 34.7 Å². The number of anilines is 3. The van der Waals surface area contributed by atoms with Crippen LogP contribution in [0.3, 0.4) is 0 Å². The molecule has 1 aliphatic heterocycles. The number of hydrogen-bond donors (Lipinski definition) is 3. The Bertz CT molecular complexity index is 1230. The van der Waals surface area contributed by atoms with E-state index in [1.54, 1.807) is 24.4 Å². The zero-order valence-electron chi connectivity index (χ0n) is 19.1. The number of pyridine rings is 1. The number of benzene rings is 1. The highest BCUT2D eigenvalue weighted by Gasteiger charge is 2.14. The summed E-state index contributed by atoms with van der Waals surface area (Å²) in [6.07, 6.45) is 4.81. The number of carbonyl (C=O) groups excluding carboxylic acids is 1. The molecule has 1 fully saturated rings. The summed E-state index contributed by atoms with van der Waals surface area (Å²) in [5, 5.41) is 23.9. The number of nitrogens with zero attached hydrogens (tertiary/aromatic N) is 5. The summed E-state index contributed by atoms with van der Waals surface area (Å²) in [5.74, 6) is -0.449. The van der Waals surface area contributed by atoms with Crippen LogP contribution in [0.25, 0.3) is 11.3 Å². The Morgan fingerprint density at radius 1 is 1.17 bits per heavy atom. The Balaban J connectivity index is 1.48. The molecule has 0 atom stereocenters. The zero-order valence-corrected chi connectivity index (χ0v) is 19.8. The highest BCUT2D eigenvalue weighted by Crippen LogP contribution is 2.29. The molecule has 0 unspecified atom stereocenters. The van der Waals surface area contributed by atoms with Crippen LogP contribution in [0.4, 0.5) is 21.6 Å². The number of aliphatic hydroxyl groups is 1. The van der Waals surface area contributed by atoms with Crippen molar-refractivity contribution < 1.29 is 14.3 Å². The largest absolute Gasteiger partial charge is 0.390 e. The van der Waals surface area contributed by atoms with Gasteiger partial charge in [0.1, 0.15) is 17.3 Å². The van der Waals surface area contributed by atoms with Gasteiger partial charge >= 0.3 is 0 Å². The zero-order chi connectivity index (χ0) is 24.8. The van der Waals surface area contributed by atoms with E-state index in [2.05, 4.69) is 42.7 Å². The van der Waals surface area contributed by atoms with Gasteiger partial charge in [-0.05, 0) is 37.4 Å². The fraction of sp³-hybridized carbons (Fsp3) is 0.250. The first-order valence-electron chi connectivity index (χ1n) is 11.0. The van der Waals surface area contributed by atoms with E-state index >= 15 is 0 Å². The van der Waals surface area contributed by atoms with Gasteiger partial charge in [0.15, 0.2) is 0 Å². The predicted molar refractivity (Wildman–Crippen MR) is 133 cm³/mol. The molecule has 4 rings (SSSR count). The van der Waals surface area contributed by atoms with Gasteiger partial charge < -0.3 is 25.5 Å². The second kappa shape index (κ2) is 11.2. The van der Waals surface area contributed by atoms with Gasteiger partial charge in [0.25, 0.3) is 5.91 Å². The number of aliphatic hydroxyl groups excluding tert-OH is 1. The first-order chi connectivity index (χ1) is 16.9. The first-order valence-corrected chi connectivity index (χ1v) is 11.4. The van der Waals surface area contributed by atoms with Crippen LogP contribution < -0.4 is 10.6 Å².